The van der Waals surface area contributed by atoms with Gasteiger partial charge in [0.05, 0.1) is 6.20 Å². The Labute approximate surface area is 122 Å². The summed E-state index contributed by atoms with van der Waals surface area (Å²) in [5.41, 5.74) is 0. The molecule has 0 aromatic carbocycles. The van der Waals surface area contributed by atoms with Gasteiger partial charge < -0.3 is 0 Å². The van der Waals surface area contributed by atoms with Crippen molar-refractivity contribution < 1.29 is 8.42 Å². The van der Waals surface area contributed by atoms with Crippen LogP contribution < -0.4 is 0 Å². The quantitative estimate of drug-likeness (QED) is 0.831. The largest absolute Gasteiger partial charge is 0.299 e. The Bertz CT molecular complexity index is 574. The first-order valence-corrected chi connectivity index (χ1v) is 8.95. The minimum Gasteiger partial charge on any atom is -0.299 e. The molecule has 0 amide bonds. The summed E-state index contributed by atoms with van der Waals surface area (Å²) in [7, 11) is -1.33. The summed E-state index contributed by atoms with van der Waals surface area (Å²) in [4.78, 5) is 6.16. The van der Waals surface area contributed by atoms with Crippen LogP contribution in [0.15, 0.2) is 10.4 Å². The highest BCUT2D eigenvalue weighted by atomic mass is 35.5. The van der Waals surface area contributed by atoms with Gasteiger partial charge in [0.1, 0.15) is 0 Å². The van der Waals surface area contributed by atoms with Crippen molar-refractivity contribution in [3.8, 4) is 0 Å². The molecule has 0 aliphatic carbocycles. The van der Waals surface area contributed by atoms with Crippen LogP contribution in [0.5, 0.6) is 0 Å². The fourth-order valence-corrected chi connectivity index (χ4v) is 5.92. The second-order valence-corrected chi connectivity index (χ2v) is 8.91. The molecule has 1 aromatic rings. The van der Waals surface area contributed by atoms with Crippen LogP contribution >= 0.6 is 22.9 Å². The van der Waals surface area contributed by atoms with E-state index in [-0.39, 0.29) is 8.68 Å². The van der Waals surface area contributed by atoms with Crippen molar-refractivity contribution in [2.45, 2.75) is 35.6 Å². The van der Waals surface area contributed by atoms with Crippen LogP contribution in [0.4, 0.5) is 0 Å². The normalized spacial score (nSPS) is 29.6. The number of thiazole rings is 1. The highest BCUT2D eigenvalue weighted by molar-refractivity contribution is 7.91. The molecule has 5 nitrogen and oxygen atoms in total. The average Bonchev–Trinajstić information content (AvgIpc) is 2.84. The topological polar surface area (TPSA) is 53.5 Å². The summed E-state index contributed by atoms with van der Waals surface area (Å²) in [6.45, 7) is 1.16. The van der Waals surface area contributed by atoms with Crippen molar-refractivity contribution >= 4 is 33.0 Å². The summed E-state index contributed by atoms with van der Waals surface area (Å²) in [6, 6.07) is 0.862. The second-order valence-electron chi connectivity index (χ2n) is 5.13. The second kappa shape index (κ2) is 4.96. The molecular formula is C11H16ClN3O2S2. The number of aromatic nitrogens is 1. The monoisotopic (exact) mass is 321 g/mol. The van der Waals surface area contributed by atoms with Crippen LogP contribution in [0.1, 0.15) is 19.3 Å². The van der Waals surface area contributed by atoms with E-state index in [9.17, 15) is 8.42 Å². The van der Waals surface area contributed by atoms with Crippen molar-refractivity contribution in [3.63, 3.8) is 0 Å². The standard InChI is InChI=1S/C11H16ClN3O2S2/c1-14-8-2-3-9(14)7-15(5-4-8)19(16,17)10-6-13-11(12)18-10/h6,8-9H,2-5,7H2,1H3. The third-order valence-electron chi connectivity index (χ3n) is 4.16. The third-order valence-corrected chi connectivity index (χ3v) is 7.58. The molecule has 1 aromatic heterocycles. The van der Waals surface area contributed by atoms with Crippen molar-refractivity contribution in [2.24, 2.45) is 0 Å². The molecule has 0 spiro atoms. The third kappa shape index (κ3) is 2.42. The Morgan fingerprint density at radius 1 is 1.37 bits per heavy atom. The summed E-state index contributed by atoms with van der Waals surface area (Å²) in [5.74, 6) is 0. The summed E-state index contributed by atoms with van der Waals surface area (Å²) < 4.78 is 27.2. The van der Waals surface area contributed by atoms with Gasteiger partial charge in [-0.25, -0.2) is 13.4 Å². The van der Waals surface area contributed by atoms with Crippen LogP contribution in [0.2, 0.25) is 4.47 Å². The molecule has 2 unspecified atom stereocenters. The number of halogens is 1. The molecule has 2 saturated heterocycles. The highest BCUT2D eigenvalue weighted by Gasteiger charge is 2.39. The fraction of sp³-hybridized carbons (Fsp3) is 0.727. The van der Waals surface area contributed by atoms with Crippen LogP contribution in [0.25, 0.3) is 0 Å². The summed E-state index contributed by atoms with van der Waals surface area (Å²) >= 11 is 6.77. The molecule has 0 N–H and O–H groups in total. The van der Waals surface area contributed by atoms with E-state index in [2.05, 4.69) is 16.9 Å². The van der Waals surface area contributed by atoms with Crippen molar-refractivity contribution in [1.29, 1.82) is 0 Å². The van der Waals surface area contributed by atoms with Gasteiger partial charge in [0.25, 0.3) is 10.0 Å². The molecule has 3 rings (SSSR count). The van der Waals surface area contributed by atoms with E-state index in [1.165, 1.54) is 12.6 Å². The van der Waals surface area contributed by atoms with Gasteiger partial charge in [0.15, 0.2) is 8.68 Å². The van der Waals surface area contributed by atoms with Gasteiger partial charge in [-0.2, -0.15) is 4.31 Å². The number of hydrogen-bond acceptors (Lipinski definition) is 5. The van der Waals surface area contributed by atoms with E-state index < -0.39 is 10.0 Å². The maximum Gasteiger partial charge on any atom is 0.254 e. The predicted molar refractivity (Wildman–Crippen MR) is 75.1 cm³/mol. The predicted octanol–water partition coefficient (Wildman–Crippen LogP) is 1.65. The fourth-order valence-electron chi connectivity index (χ4n) is 2.98. The first kappa shape index (κ1) is 13.8. The molecule has 2 bridgehead atoms. The van der Waals surface area contributed by atoms with Crippen LogP contribution in [0.3, 0.4) is 0 Å². The Morgan fingerprint density at radius 2 is 2.11 bits per heavy atom. The minimum atomic E-state index is -3.43. The van der Waals surface area contributed by atoms with E-state index in [0.29, 0.717) is 25.2 Å². The van der Waals surface area contributed by atoms with Crippen LogP contribution in [-0.4, -0.2) is 54.8 Å². The Hall–Kier alpha value is -0.210. The van der Waals surface area contributed by atoms with E-state index in [0.717, 1.165) is 24.2 Å². The number of nitrogens with zero attached hydrogens (tertiary/aromatic N) is 3. The maximum absolute atomic E-state index is 12.6. The van der Waals surface area contributed by atoms with Gasteiger partial charge in [-0.15, -0.1) is 0 Å². The molecule has 2 atom stereocenters. The van der Waals surface area contributed by atoms with Gasteiger partial charge in [-0.05, 0) is 26.3 Å². The van der Waals surface area contributed by atoms with Gasteiger partial charge in [0, 0.05) is 25.2 Å². The Morgan fingerprint density at radius 3 is 2.79 bits per heavy atom. The smallest absolute Gasteiger partial charge is 0.254 e. The number of rotatable bonds is 2. The molecule has 0 saturated carbocycles. The lowest BCUT2D eigenvalue weighted by atomic mass is 10.1. The summed E-state index contributed by atoms with van der Waals surface area (Å²) in [6.07, 6.45) is 4.52. The van der Waals surface area contributed by atoms with Gasteiger partial charge >= 0.3 is 0 Å². The van der Waals surface area contributed by atoms with E-state index in [4.69, 9.17) is 11.6 Å². The van der Waals surface area contributed by atoms with E-state index in [1.807, 2.05) is 0 Å². The van der Waals surface area contributed by atoms with E-state index in [1.54, 1.807) is 4.31 Å². The molecular weight excluding hydrogens is 306 g/mol. The lowest BCUT2D eigenvalue weighted by molar-refractivity contribution is 0.247. The Kier molecular flexibility index (Phi) is 3.59. The Balaban J connectivity index is 1.86. The summed E-state index contributed by atoms with van der Waals surface area (Å²) in [5, 5.41) is 0. The zero-order valence-corrected chi connectivity index (χ0v) is 13.0. The van der Waals surface area contributed by atoms with Crippen LogP contribution in [-0.2, 0) is 10.0 Å². The number of fused-ring (bicyclic) bond motifs is 2. The first-order valence-electron chi connectivity index (χ1n) is 6.32. The molecule has 2 fully saturated rings. The molecule has 0 radical (unpaired) electrons. The molecule has 2 aliphatic rings. The van der Waals surface area contributed by atoms with E-state index >= 15 is 0 Å². The molecule has 106 valence electrons. The first-order chi connectivity index (χ1) is 8.98. The average molecular weight is 322 g/mol. The maximum atomic E-state index is 12.6. The SMILES string of the molecule is CN1C2CCC1CN(S(=O)(=O)c1cnc(Cl)s1)CC2. The van der Waals surface area contributed by atoms with Gasteiger partial charge in [-0.1, -0.05) is 22.9 Å². The number of sulfonamides is 1. The number of hydrogen-bond donors (Lipinski definition) is 0. The lowest BCUT2D eigenvalue weighted by Crippen LogP contribution is -2.39. The van der Waals surface area contributed by atoms with Crippen LogP contribution in [0, 0.1) is 0 Å². The lowest BCUT2D eigenvalue weighted by Gasteiger charge is -2.24. The van der Waals surface area contributed by atoms with Crippen molar-refractivity contribution in [3.05, 3.63) is 10.7 Å². The molecule has 19 heavy (non-hydrogen) atoms. The van der Waals surface area contributed by atoms with Gasteiger partial charge in [0.2, 0.25) is 0 Å². The molecule has 8 heteroatoms. The zero-order chi connectivity index (χ0) is 13.6. The molecule has 3 heterocycles. The zero-order valence-electron chi connectivity index (χ0n) is 10.6. The van der Waals surface area contributed by atoms with Crippen molar-refractivity contribution in [2.75, 3.05) is 20.1 Å². The highest BCUT2D eigenvalue weighted by Crippen LogP contribution is 2.32. The number of likely N-dealkylation sites (N-methyl/N-ethyl adjacent to an activating group) is 1. The molecule has 2 aliphatic heterocycles. The minimum absolute atomic E-state index is 0.248. The van der Waals surface area contributed by atoms with Crippen molar-refractivity contribution in [1.82, 2.24) is 14.2 Å². The van der Waals surface area contributed by atoms with Gasteiger partial charge in [-0.3, -0.25) is 4.90 Å².